The van der Waals surface area contributed by atoms with Crippen molar-refractivity contribution < 1.29 is 4.79 Å². The summed E-state index contributed by atoms with van der Waals surface area (Å²) in [5, 5.41) is 3.21. The molecule has 0 aliphatic carbocycles. The van der Waals surface area contributed by atoms with Gasteiger partial charge in [-0.3, -0.25) is 4.79 Å². The SMILES string of the molecule is CCC(C)NCC(=O)N(C)CC(C)(C)C. The molecule has 15 heavy (non-hydrogen) atoms. The summed E-state index contributed by atoms with van der Waals surface area (Å²) < 4.78 is 0. The molecule has 0 saturated heterocycles. The van der Waals surface area contributed by atoms with Gasteiger partial charge in [0.2, 0.25) is 5.91 Å². The zero-order valence-corrected chi connectivity index (χ0v) is 11.1. The summed E-state index contributed by atoms with van der Waals surface area (Å²) in [7, 11) is 1.87. The van der Waals surface area contributed by atoms with Gasteiger partial charge in [-0.2, -0.15) is 0 Å². The third-order valence-corrected chi connectivity index (χ3v) is 2.35. The first kappa shape index (κ1) is 14.4. The number of amides is 1. The lowest BCUT2D eigenvalue weighted by molar-refractivity contribution is -0.130. The highest BCUT2D eigenvalue weighted by Gasteiger charge is 2.17. The van der Waals surface area contributed by atoms with E-state index in [1.165, 1.54) is 0 Å². The molecule has 0 saturated carbocycles. The molecule has 0 spiro atoms. The van der Waals surface area contributed by atoms with Crippen LogP contribution in [0.3, 0.4) is 0 Å². The highest BCUT2D eigenvalue weighted by Crippen LogP contribution is 2.13. The van der Waals surface area contributed by atoms with Gasteiger partial charge >= 0.3 is 0 Å². The molecule has 1 amide bonds. The Hall–Kier alpha value is -0.570. The number of carbonyl (C=O) groups is 1. The molecule has 1 N–H and O–H groups in total. The van der Waals surface area contributed by atoms with Crippen LogP contribution >= 0.6 is 0 Å². The van der Waals surface area contributed by atoms with Crippen molar-refractivity contribution in [3.8, 4) is 0 Å². The van der Waals surface area contributed by atoms with Crippen LogP contribution in [0.5, 0.6) is 0 Å². The van der Waals surface area contributed by atoms with E-state index >= 15 is 0 Å². The first-order valence-corrected chi connectivity index (χ1v) is 5.73. The van der Waals surface area contributed by atoms with Crippen LogP contribution in [-0.4, -0.2) is 37.0 Å². The molecule has 0 bridgehead atoms. The number of nitrogens with zero attached hydrogens (tertiary/aromatic N) is 1. The molecule has 1 unspecified atom stereocenters. The number of nitrogens with one attached hydrogen (secondary N) is 1. The Balaban J connectivity index is 3.90. The van der Waals surface area contributed by atoms with Gasteiger partial charge in [-0.15, -0.1) is 0 Å². The lowest BCUT2D eigenvalue weighted by Gasteiger charge is -2.27. The number of likely N-dealkylation sites (N-methyl/N-ethyl adjacent to an activating group) is 1. The number of hydrogen-bond acceptors (Lipinski definition) is 2. The highest BCUT2D eigenvalue weighted by molar-refractivity contribution is 5.78. The zero-order chi connectivity index (χ0) is 12.1. The van der Waals surface area contributed by atoms with Crippen LogP contribution in [-0.2, 0) is 4.79 Å². The van der Waals surface area contributed by atoms with E-state index in [1.54, 1.807) is 4.90 Å². The van der Waals surface area contributed by atoms with Crippen LogP contribution in [0.1, 0.15) is 41.0 Å². The van der Waals surface area contributed by atoms with E-state index < -0.39 is 0 Å². The fraction of sp³-hybridized carbons (Fsp3) is 0.917. The van der Waals surface area contributed by atoms with Gasteiger partial charge in [-0.05, 0) is 18.8 Å². The predicted octanol–water partition coefficient (Wildman–Crippen LogP) is 1.88. The van der Waals surface area contributed by atoms with Crippen molar-refractivity contribution in [3.63, 3.8) is 0 Å². The molecule has 0 radical (unpaired) electrons. The Labute approximate surface area is 94.2 Å². The monoisotopic (exact) mass is 214 g/mol. The molecule has 3 heteroatoms. The molecule has 0 aliphatic heterocycles. The van der Waals surface area contributed by atoms with Crippen molar-refractivity contribution in [2.75, 3.05) is 20.1 Å². The molecule has 0 fully saturated rings. The Morgan fingerprint density at radius 2 is 1.93 bits per heavy atom. The normalized spacial score (nSPS) is 13.7. The molecule has 0 aliphatic rings. The number of rotatable bonds is 5. The average Bonchev–Trinajstić information content (AvgIpc) is 2.10. The summed E-state index contributed by atoms with van der Waals surface area (Å²) in [4.78, 5) is 13.5. The molecule has 1 atom stereocenters. The van der Waals surface area contributed by atoms with Gasteiger partial charge in [0.05, 0.1) is 6.54 Å². The minimum atomic E-state index is 0.167. The summed E-state index contributed by atoms with van der Waals surface area (Å²) in [5.41, 5.74) is 0.167. The first-order chi connectivity index (χ1) is 6.76. The van der Waals surface area contributed by atoms with Crippen LogP contribution in [0.25, 0.3) is 0 Å². The molecule has 3 nitrogen and oxygen atoms in total. The summed E-state index contributed by atoms with van der Waals surface area (Å²) in [6.07, 6.45) is 1.05. The van der Waals surface area contributed by atoms with E-state index in [4.69, 9.17) is 0 Å². The maximum atomic E-state index is 11.7. The summed E-state index contributed by atoms with van der Waals surface area (Å²) in [5.74, 6) is 0.172. The molecule has 0 rings (SSSR count). The quantitative estimate of drug-likeness (QED) is 0.758. The van der Waals surface area contributed by atoms with Crippen molar-refractivity contribution in [3.05, 3.63) is 0 Å². The first-order valence-electron chi connectivity index (χ1n) is 5.73. The van der Waals surface area contributed by atoms with Crippen LogP contribution in [0.15, 0.2) is 0 Å². The minimum absolute atomic E-state index is 0.167. The van der Waals surface area contributed by atoms with Crippen molar-refractivity contribution in [1.29, 1.82) is 0 Å². The molecule has 0 aromatic heterocycles. The highest BCUT2D eigenvalue weighted by atomic mass is 16.2. The largest absolute Gasteiger partial charge is 0.344 e. The second kappa shape index (κ2) is 6.11. The van der Waals surface area contributed by atoms with Gasteiger partial charge in [0.25, 0.3) is 0 Å². The predicted molar refractivity (Wildman–Crippen MR) is 64.8 cm³/mol. The Morgan fingerprint density at radius 3 is 2.33 bits per heavy atom. The summed E-state index contributed by atoms with van der Waals surface area (Å²) >= 11 is 0. The number of carbonyl (C=O) groups excluding carboxylic acids is 1. The third kappa shape index (κ3) is 7.37. The van der Waals surface area contributed by atoms with Crippen molar-refractivity contribution in [1.82, 2.24) is 10.2 Å². The second-order valence-electron chi connectivity index (χ2n) is 5.50. The minimum Gasteiger partial charge on any atom is -0.344 e. The summed E-state index contributed by atoms with van der Waals surface area (Å²) in [6.45, 7) is 11.9. The Bertz CT molecular complexity index is 196. The van der Waals surface area contributed by atoms with Crippen LogP contribution in [0.2, 0.25) is 0 Å². The average molecular weight is 214 g/mol. The van der Waals surface area contributed by atoms with Gasteiger partial charge in [0, 0.05) is 19.6 Å². The molecule has 0 aromatic carbocycles. The van der Waals surface area contributed by atoms with Crippen LogP contribution in [0.4, 0.5) is 0 Å². The molecular weight excluding hydrogens is 188 g/mol. The Morgan fingerprint density at radius 1 is 1.40 bits per heavy atom. The summed E-state index contributed by atoms with van der Waals surface area (Å²) in [6, 6.07) is 0.414. The zero-order valence-electron chi connectivity index (χ0n) is 11.1. The van der Waals surface area contributed by atoms with E-state index in [2.05, 4.69) is 39.9 Å². The van der Waals surface area contributed by atoms with Crippen LogP contribution in [0, 0.1) is 5.41 Å². The van der Waals surface area contributed by atoms with Crippen molar-refractivity contribution in [2.24, 2.45) is 5.41 Å². The lowest BCUT2D eigenvalue weighted by Crippen LogP contribution is -2.41. The van der Waals surface area contributed by atoms with Crippen molar-refractivity contribution in [2.45, 2.75) is 47.1 Å². The third-order valence-electron chi connectivity index (χ3n) is 2.35. The lowest BCUT2D eigenvalue weighted by atomic mass is 9.96. The van der Waals surface area contributed by atoms with Crippen molar-refractivity contribution >= 4 is 5.91 Å². The van der Waals surface area contributed by atoms with Gasteiger partial charge in [0.15, 0.2) is 0 Å². The Kier molecular flexibility index (Phi) is 5.88. The van der Waals surface area contributed by atoms with Crippen LogP contribution < -0.4 is 5.32 Å². The van der Waals surface area contributed by atoms with E-state index in [9.17, 15) is 4.79 Å². The van der Waals surface area contributed by atoms with Gasteiger partial charge in [-0.1, -0.05) is 27.7 Å². The fourth-order valence-corrected chi connectivity index (χ4v) is 1.34. The fourth-order valence-electron chi connectivity index (χ4n) is 1.34. The molecular formula is C12H26N2O. The molecule has 90 valence electrons. The van der Waals surface area contributed by atoms with E-state index in [1.807, 2.05) is 7.05 Å². The van der Waals surface area contributed by atoms with Gasteiger partial charge < -0.3 is 10.2 Å². The van der Waals surface area contributed by atoms with Gasteiger partial charge in [0.1, 0.15) is 0 Å². The molecule has 0 aromatic rings. The second-order valence-corrected chi connectivity index (χ2v) is 5.50. The maximum absolute atomic E-state index is 11.7. The smallest absolute Gasteiger partial charge is 0.236 e. The van der Waals surface area contributed by atoms with E-state index in [0.29, 0.717) is 12.6 Å². The molecule has 0 heterocycles. The van der Waals surface area contributed by atoms with Gasteiger partial charge in [-0.25, -0.2) is 0 Å². The van der Waals surface area contributed by atoms with E-state index in [0.717, 1.165) is 13.0 Å². The maximum Gasteiger partial charge on any atom is 0.236 e. The topological polar surface area (TPSA) is 32.3 Å². The number of hydrogen-bond donors (Lipinski definition) is 1. The van der Waals surface area contributed by atoms with E-state index in [-0.39, 0.29) is 11.3 Å². The standard InChI is InChI=1S/C12H26N2O/c1-7-10(2)13-8-11(15)14(6)9-12(3,4)5/h10,13H,7-9H2,1-6H3.